The molecule has 14 heteroatoms. The standard InChI is InChI=1S/C22H22O3.C20H18O4.C20H18O3.C18H14O4/c1-15(2)21(23)14-7-17-5-8-18(9-6-17)19-10-12-20(13-11-19)25-22(24)16(3)4;1-13(2)19(21)23-17-9-5-15(6-10-17)16-7-11-18(12-8-16)24-20(22)14(3)4;1-3-18(21)12-7-15-5-8-16(9-6-15)17-10-13-19(14-11-17)23-20(22)4-2;1-3-17(19)21-15-9-5-13(6-10-15)14-7-11-16(12-8-14)22-18(20)4-2/h5-6,8-13H,1,3,7,14H2,2,4H3;5-12H,1,3H2,2,4H3;3-6,8-11,13-14H,1-2,7,12H2;3-12H,1-2H2. The monoisotopic (exact) mass is 1260 g/mol. The van der Waals surface area contributed by atoms with Crippen LogP contribution in [0.5, 0.6) is 34.5 Å². The number of aryl methyl sites for hydroxylation is 2. The molecule has 0 atom stereocenters. The fourth-order valence-corrected chi connectivity index (χ4v) is 7.92. The predicted octanol–water partition coefficient (Wildman–Crippen LogP) is 16.9. The van der Waals surface area contributed by atoms with Crippen LogP contribution in [0.25, 0.3) is 44.5 Å². The minimum absolute atomic E-state index is 0.0544. The molecule has 94 heavy (non-hydrogen) atoms. The lowest BCUT2D eigenvalue weighted by atomic mass is 10.0. The first-order chi connectivity index (χ1) is 45.0. The maximum absolute atomic E-state index is 11.6. The summed E-state index contributed by atoms with van der Waals surface area (Å²) in [5.74, 6) is 0.137. The molecule has 8 rings (SSSR count). The van der Waals surface area contributed by atoms with Crippen molar-refractivity contribution in [3.63, 3.8) is 0 Å². The lowest BCUT2D eigenvalue weighted by Gasteiger charge is -2.07. The third kappa shape index (κ3) is 24.7. The molecule has 0 spiro atoms. The van der Waals surface area contributed by atoms with Crippen molar-refractivity contribution < 1.29 is 66.8 Å². The molecule has 0 aromatic heterocycles. The van der Waals surface area contributed by atoms with Crippen molar-refractivity contribution in [3.05, 3.63) is 304 Å². The second kappa shape index (κ2) is 37.1. The van der Waals surface area contributed by atoms with Gasteiger partial charge in [-0.25, -0.2) is 28.8 Å². The van der Waals surface area contributed by atoms with E-state index in [0.717, 1.165) is 73.9 Å². The van der Waals surface area contributed by atoms with Crippen molar-refractivity contribution in [3.8, 4) is 79.0 Å². The van der Waals surface area contributed by atoms with Gasteiger partial charge in [-0.1, -0.05) is 174 Å². The number of carbonyl (C=O) groups is 8. The average Bonchev–Trinajstić information content (AvgIpc) is 3.33. The van der Waals surface area contributed by atoms with Gasteiger partial charge in [0.05, 0.1) is 0 Å². The van der Waals surface area contributed by atoms with Crippen molar-refractivity contribution in [2.24, 2.45) is 0 Å². The van der Waals surface area contributed by atoms with Gasteiger partial charge < -0.3 is 28.4 Å². The Kier molecular flexibility index (Phi) is 28.7. The van der Waals surface area contributed by atoms with E-state index in [1.807, 2.05) is 121 Å². The van der Waals surface area contributed by atoms with Crippen LogP contribution in [-0.4, -0.2) is 47.4 Å². The van der Waals surface area contributed by atoms with Crippen molar-refractivity contribution in [2.45, 2.75) is 53.4 Å². The Morgan fingerprint density at radius 2 is 0.479 bits per heavy atom. The van der Waals surface area contributed by atoms with Crippen LogP contribution in [0.4, 0.5) is 0 Å². The van der Waals surface area contributed by atoms with Gasteiger partial charge in [0.25, 0.3) is 0 Å². The number of esters is 6. The van der Waals surface area contributed by atoms with Crippen molar-refractivity contribution in [1.82, 2.24) is 0 Å². The van der Waals surface area contributed by atoms with E-state index in [9.17, 15) is 38.4 Å². The molecule has 8 aromatic rings. The zero-order valence-electron chi connectivity index (χ0n) is 53.0. The van der Waals surface area contributed by atoms with Crippen LogP contribution in [-0.2, 0) is 51.2 Å². The van der Waals surface area contributed by atoms with Crippen molar-refractivity contribution in [1.29, 1.82) is 0 Å². The van der Waals surface area contributed by atoms with Gasteiger partial charge in [0.15, 0.2) is 11.6 Å². The number of rotatable bonds is 24. The smallest absolute Gasteiger partial charge is 0.338 e. The Labute approximate surface area is 548 Å². The van der Waals surface area contributed by atoms with Crippen LogP contribution >= 0.6 is 0 Å². The predicted molar refractivity (Wildman–Crippen MR) is 368 cm³/mol. The highest BCUT2D eigenvalue weighted by molar-refractivity contribution is 5.94. The molecule has 0 aliphatic heterocycles. The molecule has 8 aromatic carbocycles. The molecule has 0 saturated heterocycles. The number of ketones is 2. The molecular weight excluding hydrogens is 1180 g/mol. The number of hydrogen-bond donors (Lipinski definition) is 0. The van der Waals surface area contributed by atoms with E-state index in [4.69, 9.17) is 28.4 Å². The van der Waals surface area contributed by atoms with E-state index in [1.54, 1.807) is 100 Å². The Balaban J connectivity index is 0.000000227. The van der Waals surface area contributed by atoms with E-state index in [2.05, 4.69) is 52.6 Å². The molecular formula is C80H72O14. The van der Waals surface area contributed by atoms with E-state index in [1.165, 1.54) is 6.08 Å². The SMILES string of the molecule is C=C(C)C(=O)CCc1ccc(-c2ccc(OC(=O)C(=C)C)cc2)cc1.C=C(C)C(=O)Oc1ccc(-c2ccc(OC(=O)C(=C)C)cc2)cc1.C=CC(=O)CCc1ccc(-c2ccc(OC(=O)C=C)cc2)cc1.C=CC(=O)Oc1ccc(-c2ccc(OC(=O)C=C)cc2)cc1. The second-order valence-corrected chi connectivity index (χ2v) is 20.8. The molecule has 476 valence electrons. The van der Waals surface area contributed by atoms with Gasteiger partial charge in [0.2, 0.25) is 0 Å². The Hall–Kier alpha value is -12.2. The maximum atomic E-state index is 11.6. The average molecular weight is 1260 g/mol. The zero-order valence-corrected chi connectivity index (χ0v) is 53.0. The normalized spacial score (nSPS) is 9.91. The number of hydrogen-bond acceptors (Lipinski definition) is 14. The van der Waals surface area contributed by atoms with Gasteiger partial charge in [-0.2, -0.15) is 0 Å². The minimum atomic E-state index is -0.499. The van der Waals surface area contributed by atoms with Crippen LogP contribution < -0.4 is 28.4 Å². The number of Topliss-reactive ketones (excluding diaryl/α,β-unsaturated/α-hetero) is 1. The summed E-state index contributed by atoms with van der Waals surface area (Å²) in [6, 6.07) is 59.1. The number of benzene rings is 8. The Morgan fingerprint density at radius 1 is 0.277 bits per heavy atom. The molecule has 0 aliphatic rings. The lowest BCUT2D eigenvalue weighted by molar-refractivity contribution is -0.130. The highest BCUT2D eigenvalue weighted by Gasteiger charge is 2.11. The number of allylic oxidation sites excluding steroid dienone is 2. The molecule has 0 radical (unpaired) electrons. The molecule has 0 heterocycles. The fourth-order valence-electron chi connectivity index (χ4n) is 7.92. The van der Waals surface area contributed by atoms with Crippen molar-refractivity contribution in [2.75, 3.05) is 0 Å². The van der Waals surface area contributed by atoms with Crippen LogP contribution in [0, 0.1) is 0 Å². The molecule has 0 aliphatic carbocycles. The van der Waals surface area contributed by atoms with Gasteiger partial charge in [-0.15, -0.1) is 0 Å². The first-order valence-electron chi connectivity index (χ1n) is 29.3. The molecule has 0 unspecified atom stereocenters. The third-order valence-electron chi connectivity index (χ3n) is 13.2. The molecule has 0 fully saturated rings. The van der Waals surface area contributed by atoms with Crippen LogP contribution in [0.1, 0.15) is 51.7 Å². The minimum Gasteiger partial charge on any atom is -0.423 e. The number of carbonyl (C=O) groups excluding carboxylic acids is 8. The van der Waals surface area contributed by atoms with Gasteiger partial charge >= 0.3 is 35.8 Å². The quantitative estimate of drug-likeness (QED) is 0.0315. The summed E-state index contributed by atoms with van der Waals surface area (Å²) < 4.78 is 30.5. The molecule has 0 N–H and O–H groups in total. The van der Waals surface area contributed by atoms with E-state index in [-0.39, 0.29) is 11.6 Å². The van der Waals surface area contributed by atoms with Crippen LogP contribution in [0.3, 0.4) is 0 Å². The first kappa shape index (κ1) is 72.6. The summed E-state index contributed by atoms with van der Waals surface area (Å²) >= 11 is 0. The second-order valence-electron chi connectivity index (χ2n) is 20.8. The fraction of sp³-hybridized carbons (Fsp3) is 0.100. The van der Waals surface area contributed by atoms with Crippen LogP contribution in [0.15, 0.2) is 293 Å². The lowest BCUT2D eigenvalue weighted by Crippen LogP contribution is -2.08. The van der Waals surface area contributed by atoms with Gasteiger partial charge in [-0.3, -0.25) is 9.59 Å². The summed E-state index contributed by atoms with van der Waals surface area (Å²) in [5.41, 5.74) is 11.8. The van der Waals surface area contributed by atoms with Gasteiger partial charge in [0, 0.05) is 47.8 Å². The van der Waals surface area contributed by atoms with Crippen LogP contribution in [0.2, 0.25) is 0 Å². The van der Waals surface area contributed by atoms with E-state index in [0.29, 0.717) is 82.5 Å². The van der Waals surface area contributed by atoms with Gasteiger partial charge in [-0.05, 0) is 181 Å². The Morgan fingerprint density at radius 3 is 0.670 bits per heavy atom. The Bertz CT molecular complexity index is 3920. The summed E-state index contributed by atoms with van der Waals surface area (Å²) in [5, 5.41) is 0. The largest absolute Gasteiger partial charge is 0.423 e. The topological polar surface area (TPSA) is 192 Å². The maximum Gasteiger partial charge on any atom is 0.338 e. The molecule has 14 nitrogen and oxygen atoms in total. The summed E-state index contributed by atoms with van der Waals surface area (Å²) in [7, 11) is 0. The first-order valence-corrected chi connectivity index (χ1v) is 29.3. The zero-order chi connectivity index (χ0) is 68.7. The summed E-state index contributed by atoms with van der Waals surface area (Å²) in [4.78, 5) is 90.6. The van der Waals surface area contributed by atoms with E-state index >= 15 is 0 Å². The van der Waals surface area contributed by atoms with Gasteiger partial charge in [0.1, 0.15) is 34.5 Å². The highest BCUT2D eigenvalue weighted by atomic mass is 16.6. The molecule has 0 saturated carbocycles. The summed E-state index contributed by atoms with van der Waals surface area (Å²) in [6.45, 7) is 34.4. The number of ether oxygens (including phenoxy) is 6. The molecule has 0 amide bonds. The highest BCUT2D eigenvalue weighted by Crippen LogP contribution is 2.29. The van der Waals surface area contributed by atoms with Crippen molar-refractivity contribution >= 4 is 47.4 Å². The third-order valence-corrected chi connectivity index (χ3v) is 13.2. The van der Waals surface area contributed by atoms with E-state index < -0.39 is 35.8 Å². The molecule has 0 bridgehead atoms. The summed E-state index contributed by atoms with van der Waals surface area (Å²) in [6.07, 6.45) is 7.08.